The largest absolute Gasteiger partial charge is 0.372 e. The fourth-order valence-corrected chi connectivity index (χ4v) is 3.16. The van der Waals surface area contributed by atoms with E-state index in [9.17, 15) is 4.79 Å². The molecule has 0 saturated carbocycles. The Morgan fingerprint density at radius 2 is 2.13 bits per heavy atom. The lowest BCUT2D eigenvalue weighted by Crippen LogP contribution is -2.45. The van der Waals surface area contributed by atoms with E-state index < -0.39 is 0 Å². The molecular weight excluding hydrogens is 294 g/mol. The van der Waals surface area contributed by atoms with E-state index in [1.165, 1.54) is 0 Å². The molecule has 0 radical (unpaired) electrons. The highest BCUT2D eigenvalue weighted by Gasteiger charge is 2.24. The maximum Gasteiger partial charge on any atom is 0.249 e. The summed E-state index contributed by atoms with van der Waals surface area (Å²) in [5.41, 5.74) is 0.995. The quantitative estimate of drug-likeness (QED) is 0.911. The van der Waals surface area contributed by atoms with Gasteiger partial charge in [-0.05, 0) is 38.3 Å². The smallest absolute Gasteiger partial charge is 0.249 e. The van der Waals surface area contributed by atoms with Crippen LogP contribution in [0.15, 0.2) is 18.3 Å². The van der Waals surface area contributed by atoms with E-state index in [-0.39, 0.29) is 24.2 Å². The molecule has 0 bridgehead atoms. The number of aromatic nitrogens is 1. The van der Waals surface area contributed by atoms with E-state index >= 15 is 0 Å². The van der Waals surface area contributed by atoms with Gasteiger partial charge in [0.05, 0.1) is 12.2 Å². The van der Waals surface area contributed by atoms with Crippen molar-refractivity contribution in [3.63, 3.8) is 0 Å². The number of nitrogens with one attached hydrogen (secondary N) is 1. The second-order valence-corrected chi connectivity index (χ2v) is 6.41. The molecule has 0 unspecified atom stereocenters. The van der Waals surface area contributed by atoms with Crippen LogP contribution in [-0.2, 0) is 20.8 Å². The number of carbonyl (C=O) groups excluding carboxylic acids is 1. The summed E-state index contributed by atoms with van der Waals surface area (Å²) < 4.78 is 11.1. The Balaban J connectivity index is 1.53. The van der Waals surface area contributed by atoms with E-state index in [1.54, 1.807) is 0 Å². The minimum atomic E-state index is -0.279. The zero-order valence-corrected chi connectivity index (χ0v) is 13.8. The number of rotatable bonds is 4. The van der Waals surface area contributed by atoms with Gasteiger partial charge in [0.2, 0.25) is 5.91 Å². The van der Waals surface area contributed by atoms with E-state index in [0.717, 1.165) is 37.3 Å². The number of morpholine rings is 1. The van der Waals surface area contributed by atoms with Gasteiger partial charge in [0.15, 0.2) is 0 Å². The van der Waals surface area contributed by atoms with Crippen LogP contribution in [0.25, 0.3) is 0 Å². The van der Waals surface area contributed by atoms with Crippen LogP contribution < -0.4 is 10.2 Å². The summed E-state index contributed by atoms with van der Waals surface area (Å²) >= 11 is 0. The van der Waals surface area contributed by atoms with Gasteiger partial charge < -0.3 is 19.7 Å². The molecule has 126 valence electrons. The lowest BCUT2D eigenvalue weighted by atomic mass is 10.2. The Kier molecular flexibility index (Phi) is 5.13. The van der Waals surface area contributed by atoms with Gasteiger partial charge in [-0.2, -0.15) is 0 Å². The van der Waals surface area contributed by atoms with Crippen molar-refractivity contribution in [2.24, 2.45) is 0 Å². The topological polar surface area (TPSA) is 63.7 Å². The first-order chi connectivity index (χ1) is 11.1. The third-order valence-electron chi connectivity index (χ3n) is 4.24. The molecule has 2 aliphatic rings. The first-order valence-electron chi connectivity index (χ1n) is 8.36. The van der Waals surface area contributed by atoms with Crippen molar-refractivity contribution in [2.45, 2.75) is 51.5 Å². The van der Waals surface area contributed by atoms with Crippen molar-refractivity contribution >= 4 is 11.7 Å². The number of ether oxygens (including phenoxy) is 2. The highest BCUT2D eigenvalue weighted by molar-refractivity contribution is 5.80. The van der Waals surface area contributed by atoms with Crippen molar-refractivity contribution in [3.05, 3.63) is 23.9 Å². The number of pyridine rings is 1. The van der Waals surface area contributed by atoms with Crippen molar-refractivity contribution in [2.75, 3.05) is 24.6 Å². The standard InChI is InChI=1S/C17H25N3O3/c1-12-10-20(11-13(2)23-12)16-6-5-14(8-18-16)9-19-17(21)15-4-3-7-22-15/h5-6,8,12-13,15H,3-4,7,9-11H2,1-2H3,(H,19,21)/t12-,13-,15+/m1/s1. The summed E-state index contributed by atoms with van der Waals surface area (Å²) in [5, 5.41) is 2.92. The number of amides is 1. The summed E-state index contributed by atoms with van der Waals surface area (Å²) in [6.07, 6.45) is 3.76. The van der Waals surface area contributed by atoms with Crippen LogP contribution in [0.4, 0.5) is 5.82 Å². The molecule has 2 aliphatic heterocycles. The normalized spacial score (nSPS) is 27.9. The molecule has 0 spiro atoms. The van der Waals surface area contributed by atoms with E-state index in [0.29, 0.717) is 13.2 Å². The Morgan fingerprint density at radius 1 is 1.35 bits per heavy atom. The molecule has 0 aliphatic carbocycles. The van der Waals surface area contributed by atoms with Gasteiger partial charge in [-0.3, -0.25) is 4.79 Å². The van der Waals surface area contributed by atoms with E-state index in [4.69, 9.17) is 9.47 Å². The molecule has 23 heavy (non-hydrogen) atoms. The predicted molar refractivity (Wildman–Crippen MR) is 87.3 cm³/mol. The van der Waals surface area contributed by atoms with Crippen LogP contribution in [-0.4, -0.2) is 48.9 Å². The van der Waals surface area contributed by atoms with Crippen LogP contribution in [0.5, 0.6) is 0 Å². The maximum atomic E-state index is 11.9. The van der Waals surface area contributed by atoms with Gasteiger partial charge in [0.1, 0.15) is 11.9 Å². The number of anilines is 1. The molecule has 1 amide bonds. The third kappa shape index (κ3) is 4.20. The second kappa shape index (κ2) is 7.27. The Labute approximate surface area is 137 Å². The molecular formula is C17H25N3O3. The van der Waals surface area contributed by atoms with Crippen LogP contribution in [0.1, 0.15) is 32.3 Å². The molecule has 6 nitrogen and oxygen atoms in total. The molecule has 3 rings (SSSR count). The van der Waals surface area contributed by atoms with Gasteiger partial charge in [-0.15, -0.1) is 0 Å². The monoisotopic (exact) mass is 319 g/mol. The number of nitrogens with zero attached hydrogens (tertiary/aromatic N) is 2. The Hall–Kier alpha value is -1.66. The minimum absolute atomic E-state index is 0.0256. The fraction of sp³-hybridized carbons (Fsp3) is 0.647. The molecule has 1 N–H and O–H groups in total. The van der Waals surface area contributed by atoms with Crippen molar-refractivity contribution < 1.29 is 14.3 Å². The van der Waals surface area contributed by atoms with Crippen LogP contribution in [0.2, 0.25) is 0 Å². The molecule has 1 aromatic rings. The zero-order chi connectivity index (χ0) is 16.2. The highest BCUT2D eigenvalue weighted by atomic mass is 16.5. The molecule has 2 saturated heterocycles. The van der Waals surface area contributed by atoms with Crippen molar-refractivity contribution in [1.82, 2.24) is 10.3 Å². The molecule has 6 heteroatoms. The second-order valence-electron chi connectivity index (χ2n) is 6.41. The summed E-state index contributed by atoms with van der Waals surface area (Å²) in [6.45, 7) is 7.04. The maximum absolute atomic E-state index is 11.9. The van der Waals surface area contributed by atoms with Gasteiger partial charge in [-0.25, -0.2) is 4.98 Å². The fourth-order valence-electron chi connectivity index (χ4n) is 3.16. The SMILES string of the molecule is C[C@@H]1CN(c2ccc(CNC(=O)[C@@H]3CCCO3)cn2)C[C@@H](C)O1. The summed E-state index contributed by atoms with van der Waals surface area (Å²) in [6, 6.07) is 4.03. The number of carbonyl (C=O) groups is 1. The average molecular weight is 319 g/mol. The first kappa shape index (κ1) is 16.2. The van der Waals surface area contributed by atoms with Crippen LogP contribution in [0, 0.1) is 0 Å². The lowest BCUT2D eigenvalue weighted by Gasteiger charge is -2.36. The van der Waals surface area contributed by atoms with Gasteiger partial charge >= 0.3 is 0 Å². The van der Waals surface area contributed by atoms with E-state index in [1.807, 2.05) is 18.3 Å². The van der Waals surface area contributed by atoms with Crippen molar-refractivity contribution in [3.8, 4) is 0 Å². The Morgan fingerprint density at radius 3 is 2.74 bits per heavy atom. The number of hydrogen-bond donors (Lipinski definition) is 1. The predicted octanol–water partition coefficient (Wildman–Crippen LogP) is 1.49. The molecule has 3 heterocycles. The van der Waals surface area contributed by atoms with Crippen LogP contribution >= 0.6 is 0 Å². The van der Waals surface area contributed by atoms with Gasteiger partial charge in [0.25, 0.3) is 0 Å². The molecule has 2 fully saturated rings. The zero-order valence-electron chi connectivity index (χ0n) is 13.8. The summed E-state index contributed by atoms with van der Waals surface area (Å²) in [4.78, 5) is 18.7. The molecule has 3 atom stereocenters. The van der Waals surface area contributed by atoms with Gasteiger partial charge in [-0.1, -0.05) is 6.07 Å². The third-order valence-corrected chi connectivity index (χ3v) is 4.24. The van der Waals surface area contributed by atoms with E-state index in [2.05, 4.69) is 29.0 Å². The molecule has 0 aromatic carbocycles. The first-order valence-corrected chi connectivity index (χ1v) is 8.36. The summed E-state index contributed by atoms with van der Waals surface area (Å²) in [5.74, 6) is 0.934. The number of hydrogen-bond acceptors (Lipinski definition) is 5. The minimum Gasteiger partial charge on any atom is -0.372 e. The van der Waals surface area contributed by atoms with Gasteiger partial charge in [0, 0.05) is 32.4 Å². The highest BCUT2D eigenvalue weighted by Crippen LogP contribution is 2.18. The van der Waals surface area contributed by atoms with Crippen LogP contribution in [0.3, 0.4) is 0 Å². The average Bonchev–Trinajstić information content (AvgIpc) is 3.07. The lowest BCUT2D eigenvalue weighted by molar-refractivity contribution is -0.130. The molecule has 1 aromatic heterocycles. The summed E-state index contributed by atoms with van der Waals surface area (Å²) in [7, 11) is 0. The Bertz CT molecular complexity index is 518. The van der Waals surface area contributed by atoms with Crippen molar-refractivity contribution in [1.29, 1.82) is 0 Å².